The van der Waals surface area contributed by atoms with E-state index in [0.29, 0.717) is 28.9 Å². The highest BCUT2D eigenvalue weighted by molar-refractivity contribution is 6.31. The first-order valence-electron chi connectivity index (χ1n) is 9.06. The molecule has 0 spiro atoms. The molecule has 1 saturated heterocycles. The van der Waals surface area contributed by atoms with Gasteiger partial charge in [-0.05, 0) is 49.6 Å². The van der Waals surface area contributed by atoms with Crippen molar-refractivity contribution in [2.45, 2.75) is 25.7 Å². The summed E-state index contributed by atoms with van der Waals surface area (Å²) in [4.78, 5) is 14.8. The largest absolute Gasteiger partial charge is 0.420 e. The van der Waals surface area contributed by atoms with Gasteiger partial charge in [-0.25, -0.2) is 0 Å². The number of piperidine rings is 1. The summed E-state index contributed by atoms with van der Waals surface area (Å²) in [5.74, 6) is 1.16. The maximum Gasteiger partial charge on any atom is 0.254 e. The molecule has 4 rings (SSSR count). The molecule has 0 aliphatic carbocycles. The lowest BCUT2D eigenvalue weighted by Gasteiger charge is -2.31. The van der Waals surface area contributed by atoms with Crippen molar-refractivity contribution in [2.24, 2.45) is 0 Å². The van der Waals surface area contributed by atoms with Crippen LogP contribution in [0.1, 0.15) is 40.6 Å². The summed E-state index contributed by atoms with van der Waals surface area (Å²) >= 11 is 6.18. The lowest BCUT2D eigenvalue weighted by Crippen LogP contribution is -2.39. The summed E-state index contributed by atoms with van der Waals surface area (Å²) < 4.78 is 5.90. The number of nitrogens with zero attached hydrogens (tertiary/aromatic N) is 3. The molecule has 0 saturated carbocycles. The molecule has 27 heavy (non-hydrogen) atoms. The van der Waals surface area contributed by atoms with Gasteiger partial charge in [0.05, 0.1) is 5.92 Å². The molecule has 1 aromatic heterocycles. The Morgan fingerprint density at radius 2 is 1.96 bits per heavy atom. The topological polar surface area (TPSA) is 59.2 Å². The van der Waals surface area contributed by atoms with E-state index < -0.39 is 0 Å². The fourth-order valence-electron chi connectivity index (χ4n) is 3.47. The molecule has 2 heterocycles. The molecule has 5 nitrogen and oxygen atoms in total. The first kappa shape index (κ1) is 17.7. The zero-order chi connectivity index (χ0) is 18.8. The molecule has 2 aromatic carbocycles. The highest BCUT2D eigenvalue weighted by atomic mass is 35.5. The van der Waals surface area contributed by atoms with Gasteiger partial charge < -0.3 is 9.32 Å². The minimum absolute atomic E-state index is 0.00231. The molecule has 0 radical (unpaired) electrons. The molecule has 1 amide bonds. The van der Waals surface area contributed by atoms with E-state index in [1.54, 1.807) is 6.07 Å². The number of rotatable bonds is 3. The normalized spacial score (nSPS) is 17.1. The molecule has 0 N–H and O–H groups in total. The first-order valence-corrected chi connectivity index (χ1v) is 9.44. The van der Waals surface area contributed by atoms with Gasteiger partial charge >= 0.3 is 0 Å². The third-order valence-corrected chi connectivity index (χ3v) is 5.43. The maximum atomic E-state index is 13.0. The highest BCUT2D eigenvalue weighted by Gasteiger charge is 2.29. The van der Waals surface area contributed by atoms with Crippen LogP contribution in [-0.4, -0.2) is 34.1 Å². The van der Waals surface area contributed by atoms with Crippen molar-refractivity contribution in [1.82, 2.24) is 15.1 Å². The molecule has 1 atom stereocenters. The SMILES string of the molecule is Cc1c(Cl)cccc1C(=O)N1CCC[C@H](c2nnc(-c3ccccc3)o2)C1. The summed E-state index contributed by atoms with van der Waals surface area (Å²) in [6, 6.07) is 15.1. The van der Waals surface area contributed by atoms with Crippen molar-refractivity contribution in [1.29, 1.82) is 0 Å². The third-order valence-electron chi connectivity index (χ3n) is 5.02. The van der Waals surface area contributed by atoms with Gasteiger partial charge in [-0.3, -0.25) is 4.79 Å². The Morgan fingerprint density at radius 1 is 1.15 bits per heavy atom. The molecule has 0 bridgehead atoms. The van der Waals surface area contributed by atoms with E-state index in [2.05, 4.69) is 10.2 Å². The van der Waals surface area contributed by atoms with Crippen LogP contribution in [0.2, 0.25) is 5.02 Å². The average Bonchev–Trinajstić information content (AvgIpc) is 3.21. The standard InChI is InChI=1S/C21H20ClN3O2/c1-14-17(10-5-11-18(14)22)21(26)25-12-6-9-16(13-25)20-24-23-19(27-20)15-7-3-2-4-8-15/h2-5,7-8,10-11,16H,6,9,12-13H2,1H3/t16-/m0/s1. The first-order chi connectivity index (χ1) is 13.1. The summed E-state index contributed by atoms with van der Waals surface area (Å²) in [6.45, 7) is 3.17. The molecule has 138 valence electrons. The number of halogens is 1. The Bertz CT molecular complexity index is 955. The number of hydrogen-bond acceptors (Lipinski definition) is 4. The fourth-order valence-corrected chi connectivity index (χ4v) is 3.64. The van der Waals surface area contributed by atoms with Gasteiger partial charge in [-0.15, -0.1) is 10.2 Å². The summed E-state index contributed by atoms with van der Waals surface area (Å²) in [6.07, 6.45) is 1.83. The molecule has 1 aliphatic rings. The van der Waals surface area contributed by atoms with E-state index in [4.69, 9.17) is 16.0 Å². The molecule has 3 aromatic rings. The summed E-state index contributed by atoms with van der Waals surface area (Å²) in [5.41, 5.74) is 2.36. The number of hydrogen-bond donors (Lipinski definition) is 0. The number of benzene rings is 2. The van der Waals surface area contributed by atoms with Gasteiger partial charge in [0, 0.05) is 29.2 Å². The van der Waals surface area contributed by atoms with Crippen LogP contribution < -0.4 is 0 Å². The van der Waals surface area contributed by atoms with Crippen molar-refractivity contribution in [3.63, 3.8) is 0 Å². The number of carbonyl (C=O) groups excluding carboxylic acids is 1. The lowest BCUT2D eigenvalue weighted by atomic mass is 9.96. The molecule has 1 fully saturated rings. The Morgan fingerprint density at radius 3 is 2.78 bits per heavy atom. The molecule has 1 aliphatic heterocycles. The van der Waals surface area contributed by atoms with Crippen molar-refractivity contribution in [2.75, 3.05) is 13.1 Å². The van der Waals surface area contributed by atoms with Gasteiger partial charge in [0.15, 0.2) is 0 Å². The highest BCUT2D eigenvalue weighted by Crippen LogP contribution is 2.30. The lowest BCUT2D eigenvalue weighted by molar-refractivity contribution is 0.0697. The van der Waals surface area contributed by atoms with Crippen LogP contribution >= 0.6 is 11.6 Å². The Labute approximate surface area is 163 Å². The zero-order valence-corrected chi connectivity index (χ0v) is 15.8. The fraction of sp³-hybridized carbons (Fsp3) is 0.286. The van der Waals surface area contributed by atoms with Crippen LogP contribution in [-0.2, 0) is 0 Å². The van der Waals surface area contributed by atoms with Gasteiger partial charge in [-0.2, -0.15) is 0 Å². The zero-order valence-electron chi connectivity index (χ0n) is 15.1. The minimum atomic E-state index is 0.00231. The van der Waals surface area contributed by atoms with Crippen LogP contribution in [0.4, 0.5) is 0 Å². The Balaban J connectivity index is 1.52. The van der Waals surface area contributed by atoms with Crippen LogP contribution in [0.3, 0.4) is 0 Å². The number of carbonyl (C=O) groups is 1. The van der Waals surface area contributed by atoms with Crippen molar-refractivity contribution in [3.8, 4) is 11.5 Å². The number of likely N-dealkylation sites (tertiary alicyclic amines) is 1. The summed E-state index contributed by atoms with van der Waals surface area (Å²) in [7, 11) is 0. The van der Waals surface area contributed by atoms with Crippen molar-refractivity contribution < 1.29 is 9.21 Å². The molecular formula is C21H20ClN3O2. The van der Waals surface area contributed by atoms with E-state index >= 15 is 0 Å². The molecule has 0 unspecified atom stereocenters. The second kappa shape index (κ2) is 7.53. The third kappa shape index (κ3) is 3.60. The predicted molar refractivity (Wildman–Crippen MR) is 104 cm³/mol. The molecule has 6 heteroatoms. The van der Waals surface area contributed by atoms with E-state index in [-0.39, 0.29) is 11.8 Å². The van der Waals surface area contributed by atoms with Crippen LogP contribution in [0.15, 0.2) is 52.9 Å². The van der Waals surface area contributed by atoms with Gasteiger partial charge in [0.2, 0.25) is 11.8 Å². The van der Waals surface area contributed by atoms with Gasteiger partial charge in [0.1, 0.15) is 0 Å². The van der Waals surface area contributed by atoms with Crippen molar-refractivity contribution in [3.05, 3.63) is 70.6 Å². The molecular weight excluding hydrogens is 362 g/mol. The van der Waals surface area contributed by atoms with Crippen LogP contribution in [0.25, 0.3) is 11.5 Å². The van der Waals surface area contributed by atoms with Crippen LogP contribution in [0.5, 0.6) is 0 Å². The quantitative estimate of drug-likeness (QED) is 0.658. The van der Waals surface area contributed by atoms with E-state index in [1.165, 1.54) is 0 Å². The van der Waals surface area contributed by atoms with Crippen molar-refractivity contribution >= 4 is 17.5 Å². The monoisotopic (exact) mass is 381 g/mol. The van der Waals surface area contributed by atoms with E-state index in [1.807, 2.05) is 54.3 Å². The van der Waals surface area contributed by atoms with Crippen LogP contribution in [0, 0.1) is 6.92 Å². The smallest absolute Gasteiger partial charge is 0.254 e. The average molecular weight is 382 g/mol. The number of amides is 1. The maximum absolute atomic E-state index is 13.0. The van der Waals surface area contributed by atoms with Gasteiger partial charge in [0.25, 0.3) is 5.91 Å². The number of aromatic nitrogens is 2. The van der Waals surface area contributed by atoms with E-state index in [9.17, 15) is 4.79 Å². The van der Waals surface area contributed by atoms with Gasteiger partial charge in [-0.1, -0.05) is 35.9 Å². The second-order valence-corrected chi connectivity index (χ2v) is 7.22. The predicted octanol–water partition coefficient (Wildman–Crippen LogP) is 4.72. The minimum Gasteiger partial charge on any atom is -0.420 e. The Hall–Kier alpha value is -2.66. The van der Waals surface area contributed by atoms with E-state index in [0.717, 1.165) is 30.5 Å². The summed E-state index contributed by atoms with van der Waals surface area (Å²) in [5, 5.41) is 9.03. The Kier molecular flexibility index (Phi) is 4.94. The second-order valence-electron chi connectivity index (χ2n) is 6.81.